The fourth-order valence-corrected chi connectivity index (χ4v) is 5.16. The number of nitriles is 1. The summed E-state index contributed by atoms with van der Waals surface area (Å²) in [4.78, 5) is 44.0. The summed E-state index contributed by atoms with van der Waals surface area (Å²) in [6, 6.07) is 12.4. The molecule has 3 aliphatic heterocycles. The minimum Gasteiger partial charge on any atom is -0.351 e. The van der Waals surface area contributed by atoms with Crippen LogP contribution < -0.4 is 4.90 Å². The Labute approximate surface area is 176 Å². The molecule has 0 saturated carbocycles. The molecule has 2 unspecified atom stereocenters. The Hall–Kier alpha value is -4.19. The van der Waals surface area contributed by atoms with Crippen molar-refractivity contribution in [1.29, 1.82) is 5.26 Å². The van der Waals surface area contributed by atoms with Crippen LogP contribution in [0, 0.1) is 11.3 Å². The standard InChI is InChI=1S/C22H15N5O4/c23-10-12-5-6-16(15-4-2-1-3-14(12)15)27-21(29)19-17-9-13(26(19)22(27)30)11-25(17)20(28)18-7-8-24-31-18/h1-8,13,17,19H,9,11H2/t13?,17?,19-/m1/s1. The van der Waals surface area contributed by atoms with Crippen LogP contribution in [0.15, 0.2) is 53.2 Å². The summed E-state index contributed by atoms with van der Waals surface area (Å²) in [5, 5.41) is 14.3. The third-order valence-electron chi connectivity index (χ3n) is 6.44. The number of fused-ring (bicyclic) bond motifs is 6. The SMILES string of the molecule is N#Cc1ccc(N2C(=O)[C@H]3C4CC(CN4C(=O)c4ccno4)N3C2=O)c2ccccc12. The molecule has 3 fully saturated rings. The van der Waals surface area contributed by atoms with Crippen LogP contribution in [0.3, 0.4) is 0 Å². The zero-order valence-electron chi connectivity index (χ0n) is 16.1. The van der Waals surface area contributed by atoms with Crippen molar-refractivity contribution in [2.24, 2.45) is 0 Å². The van der Waals surface area contributed by atoms with Gasteiger partial charge in [-0.25, -0.2) is 9.69 Å². The maximum Gasteiger partial charge on any atom is 0.332 e. The van der Waals surface area contributed by atoms with Crippen molar-refractivity contribution in [3.05, 3.63) is 60.0 Å². The minimum atomic E-state index is -0.729. The lowest BCUT2D eigenvalue weighted by Gasteiger charge is -2.34. The first kappa shape index (κ1) is 17.7. The van der Waals surface area contributed by atoms with Crippen LogP contribution in [0.5, 0.6) is 0 Å². The number of carbonyl (C=O) groups is 3. The van der Waals surface area contributed by atoms with Crippen LogP contribution in [-0.2, 0) is 4.79 Å². The van der Waals surface area contributed by atoms with Crippen molar-refractivity contribution >= 4 is 34.3 Å². The number of amides is 4. The van der Waals surface area contributed by atoms with Crippen molar-refractivity contribution in [2.75, 3.05) is 11.4 Å². The van der Waals surface area contributed by atoms with Gasteiger partial charge in [0.25, 0.3) is 11.8 Å². The number of urea groups is 1. The molecule has 0 spiro atoms. The van der Waals surface area contributed by atoms with Gasteiger partial charge in [-0.3, -0.25) is 9.59 Å². The van der Waals surface area contributed by atoms with E-state index in [1.165, 1.54) is 17.2 Å². The van der Waals surface area contributed by atoms with Crippen LogP contribution >= 0.6 is 0 Å². The molecule has 31 heavy (non-hydrogen) atoms. The van der Waals surface area contributed by atoms with Crippen LogP contribution in [0.4, 0.5) is 10.5 Å². The Morgan fingerprint density at radius 3 is 2.68 bits per heavy atom. The van der Waals surface area contributed by atoms with E-state index in [-0.39, 0.29) is 29.6 Å². The van der Waals surface area contributed by atoms with Crippen molar-refractivity contribution in [3.63, 3.8) is 0 Å². The van der Waals surface area contributed by atoms with Gasteiger partial charge in [-0.1, -0.05) is 29.4 Å². The van der Waals surface area contributed by atoms with Crippen molar-refractivity contribution in [3.8, 4) is 6.07 Å². The average molecular weight is 413 g/mol. The second kappa shape index (κ2) is 6.15. The molecule has 0 aliphatic carbocycles. The van der Waals surface area contributed by atoms with E-state index in [1.54, 1.807) is 40.1 Å². The predicted molar refractivity (Wildman–Crippen MR) is 107 cm³/mol. The third kappa shape index (κ3) is 2.24. The van der Waals surface area contributed by atoms with Gasteiger partial charge in [0.2, 0.25) is 5.76 Å². The molecule has 3 aromatic rings. The van der Waals surface area contributed by atoms with E-state index in [9.17, 15) is 19.6 Å². The maximum atomic E-state index is 13.5. The Morgan fingerprint density at radius 1 is 1.13 bits per heavy atom. The molecule has 0 N–H and O–H groups in total. The van der Waals surface area contributed by atoms with Crippen molar-refractivity contribution < 1.29 is 18.9 Å². The lowest BCUT2D eigenvalue weighted by molar-refractivity contribution is -0.121. The third-order valence-corrected chi connectivity index (χ3v) is 6.44. The molecule has 3 saturated heterocycles. The van der Waals surface area contributed by atoms with Gasteiger partial charge in [0.15, 0.2) is 0 Å². The van der Waals surface area contributed by atoms with E-state index >= 15 is 0 Å². The van der Waals surface area contributed by atoms with Gasteiger partial charge >= 0.3 is 6.03 Å². The Kier molecular flexibility index (Phi) is 3.50. The number of piperazine rings is 1. The summed E-state index contributed by atoms with van der Waals surface area (Å²) in [6.45, 7) is 0.349. The first-order chi connectivity index (χ1) is 15.1. The Bertz CT molecular complexity index is 1310. The highest BCUT2D eigenvalue weighted by atomic mass is 16.5. The summed E-state index contributed by atoms with van der Waals surface area (Å²) >= 11 is 0. The fourth-order valence-electron chi connectivity index (χ4n) is 5.16. The van der Waals surface area contributed by atoms with Gasteiger partial charge in [-0.15, -0.1) is 0 Å². The number of imide groups is 1. The van der Waals surface area contributed by atoms with Gasteiger partial charge in [0.1, 0.15) is 6.04 Å². The quantitative estimate of drug-likeness (QED) is 0.595. The number of rotatable bonds is 2. The molecule has 2 bridgehead atoms. The molecule has 9 heteroatoms. The second-order valence-electron chi connectivity index (χ2n) is 7.89. The Morgan fingerprint density at radius 2 is 1.94 bits per heavy atom. The molecular formula is C22H15N5O4. The summed E-state index contributed by atoms with van der Waals surface area (Å²) in [5.41, 5.74) is 0.925. The van der Waals surface area contributed by atoms with E-state index in [0.717, 1.165) is 0 Å². The van der Waals surface area contributed by atoms with E-state index in [1.807, 2.05) is 6.07 Å². The molecule has 152 valence electrons. The topological polar surface area (TPSA) is 111 Å². The highest BCUT2D eigenvalue weighted by molar-refractivity contribution is 6.25. The number of likely N-dealkylation sites (tertiary alicyclic amines) is 1. The van der Waals surface area contributed by atoms with E-state index < -0.39 is 12.1 Å². The molecule has 4 heterocycles. The van der Waals surface area contributed by atoms with Gasteiger partial charge in [0.05, 0.1) is 35.6 Å². The fraction of sp³-hybridized carbons (Fsp3) is 0.227. The number of hydrogen-bond acceptors (Lipinski definition) is 6. The normalized spacial score (nSPS) is 24.2. The first-order valence-electron chi connectivity index (χ1n) is 9.90. The van der Waals surface area contributed by atoms with Crippen LogP contribution in [-0.4, -0.2) is 57.5 Å². The molecule has 3 aliphatic rings. The minimum absolute atomic E-state index is 0.116. The van der Waals surface area contributed by atoms with Crippen molar-refractivity contribution in [1.82, 2.24) is 15.0 Å². The maximum absolute atomic E-state index is 13.5. The highest BCUT2D eigenvalue weighted by Gasteiger charge is 2.63. The molecule has 4 amide bonds. The van der Waals surface area contributed by atoms with E-state index in [0.29, 0.717) is 35.0 Å². The van der Waals surface area contributed by atoms with Crippen LogP contribution in [0.25, 0.3) is 10.8 Å². The first-order valence-corrected chi connectivity index (χ1v) is 9.90. The molecule has 3 atom stereocenters. The van der Waals surface area contributed by atoms with Gasteiger partial charge < -0.3 is 14.3 Å². The smallest absolute Gasteiger partial charge is 0.332 e. The molecule has 9 nitrogen and oxygen atoms in total. The van der Waals surface area contributed by atoms with E-state index in [4.69, 9.17) is 4.52 Å². The van der Waals surface area contributed by atoms with Gasteiger partial charge in [-0.2, -0.15) is 5.26 Å². The average Bonchev–Trinajstić information content (AvgIpc) is 3.57. The molecule has 2 aromatic carbocycles. The van der Waals surface area contributed by atoms with Crippen LogP contribution in [0.1, 0.15) is 22.5 Å². The van der Waals surface area contributed by atoms with E-state index in [2.05, 4.69) is 11.2 Å². The molecule has 1 aromatic heterocycles. The summed E-state index contributed by atoms with van der Waals surface area (Å²) < 4.78 is 4.99. The predicted octanol–water partition coefficient (Wildman–Crippen LogP) is 2.13. The largest absolute Gasteiger partial charge is 0.351 e. The number of nitrogens with zero attached hydrogens (tertiary/aromatic N) is 5. The zero-order chi connectivity index (χ0) is 21.3. The summed E-state index contributed by atoms with van der Waals surface area (Å²) in [5.74, 6) is -0.569. The lowest BCUT2D eigenvalue weighted by Crippen LogP contribution is -2.54. The number of hydrogen-bond donors (Lipinski definition) is 0. The lowest BCUT2D eigenvalue weighted by atomic mass is 10.0. The molecule has 6 rings (SSSR count). The van der Waals surface area contributed by atoms with Gasteiger partial charge in [0, 0.05) is 23.4 Å². The molecular weight excluding hydrogens is 398 g/mol. The number of benzene rings is 2. The zero-order valence-corrected chi connectivity index (χ0v) is 16.1. The monoisotopic (exact) mass is 413 g/mol. The molecule has 0 radical (unpaired) electrons. The number of anilines is 1. The summed E-state index contributed by atoms with van der Waals surface area (Å²) in [7, 11) is 0. The van der Waals surface area contributed by atoms with Crippen molar-refractivity contribution in [2.45, 2.75) is 24.5 Å². The number of carbonyl (C=O) groups excluding carboxylic acids is 3. The van der Waals surface area contributed by atoms with Gasteiger partial charge in [-0.05, 0) is 18.6 Å². The summed E-state index contributed by atoms with van der Waals surface area (Å²) in [6.07, 6.45) is 1.96. The second-order valence-corrected chi connectivity index (χ2v) is 7.89. The van der Waals surface area contributed by atoms with Crippen LogP contribution in [0.2, 0.25) is 0 Å². The number of aromatic nitrogens is 1. The Balaban J connectivity index is 1.39. The highest BCUT2D eigenvalue weighted by Crippen LogP contribution is 2.44.